The number of hydrogen-bond donors (Lipinski definition) is 1. The number of carbonyl (C=O) groups excluding carboxylic acids is 1. The van der Waals surface area contributed by atoms with Gasteiger partial charge in [-0.2, -0.15) is 0 Å². The Labute approximate surface area is 136 Å². The highest BCUT2D eigenvalue weighted by molar-refractivity contribution is 7.80. The summed E-state index contributed by atoms with van der Waals surface area (Å²) in [7, 11) is 0. The topological polar surface area (TPSA) is 23.6 Å². The van der Waals surface area contributed by atoms with Crippen molar-refractivity contribution in [1.82, 2.24) is 9.80 Å². The average molecular weight is 325 g/mol. The number of hydrogen-bond acceptors (Lipinski definition) is 3. The fourth-order valence-electron chi connectivity index (χ4n) is 3.47. The molecule has 2 saturated heterocycles. The Morgan fingerprint density at radius 2 is 2.14 bits per heavy atom. The van der Waals surface area contributed by atoms with Crippen molar-refractivity contribution in [2.45, 2.75) is 43.2 Å². The molecule has 2 aliphatic rings. The molecule has 2 aliphatic heterocycles. The quantitative estimate of drug-likeness (QED) is 0.801. The van der Waals surface area contributed by atoms with E-state index in [1.54, 1.807) is 12.1 Å². The fourth-order valence-corrected chi connectivity index (χ4v) is 3.87. The van der Waals surface area contributed by atoms with Crippen LogP contribution in [0.3, 0.4) is 0 Å². The summed E-state index contributed by atoms with van der Waals surface area (Å²) in [6.07, 6.45) is 3.74. The third kappa shape index (κ3) is 3.08. The fraction of sp³-hybridized carbons (Fsp3) is 0.562. The monoisotopic (exact) mass is 324 g/mol. The first-order valence-corrected chi connectivity index (χ1v) is 8.42. The van der Waals surface area contributed by atoms with Crippen LogP contribution in [-0.4, -0.2) is 47.4 Å². The van der Waals surface area contributed by atoms with Crippen LogP contribution in [0.25, 0.3) is 0 Å². The highest BCUT2D eigenvalue weighted by Gasteiger charge is 2.35. The first kappa shape index (κ1) is 15.2. The van der Waals surface area contributed by atoms with E-state index in [4.69, 9.17) is 11.6 Å². The Morgan fingerprint density at radius 3 is 2.95 bits per heavy atom. The Kier molecular flexibility index (Phi) is 4.48. The Morgan fingerprint density at radius 1 is 1.33 bits per heavy atom. The van der Waals surface area contributed by atoms with Gasteiger partial charge < -0.3 is 4.90 Å². The molecule has 0 spiro atoms. The van der Waals surface area contributed by atoms with E-state index in [0.29, 0.717) is 16.6 Å². The van der Waals surface area contributed by atoms with E-state index in [9.17, 15) is 4.79 Å². The van der Waals surface area contributed by atoms with Gasteiger partial charge in [0.1, 0.15) is 0 Å². The van der Waals surface area contributed by atoms with Crippen LogP contribution < -0.4 is 0 Å². The van der Waals surface area contributed by atoms with Crippen molar-refractivity contribution in [3.05, 3.63) is 28.8 Å². The van der Waals surface area contributed by atoms with Crippen LogP contribution >= 0.6 is 24.2 Å². The lowest BCUT2D eigenvalue weighted by molar-refractivity contribution is 0.0151. The third-order valence-electron chi connectivity index (χ3n) is 4.63. The summed E-state index contributed by atoms with van der Waals surface area (Å²) in [6.45, 7) is 5.08. The second-order valence-corrected chi connectivity index (χ2v) is 7.04. The minimum absolute atomic E-state index is 0.0358. The smallest absolute Gasteiger partial charge is 0.255 e. The number of amides is 1. The van der Waals surface area contributed by atoms with Crippen LogP contribution in [0.1, 0.15) is 36.5 Å². The predicted molar refractivity (Wildman–Crippen MR) is 88.4 cm³/mol. The maximum Gasteiger partial charge on any atom is 0.255 e. The molecular formula is C16H21ClN2OS. The van der Waals surface area contributed by atoms with Crippen molar-refractivity contribution in [3.63, 3.8) is 0 Å². The lowest BCUT2D eigenvalue weighted by Gasteiger charge is -2.47. The number of thiol groups is 1. The minimum atomic E-state index is 0.0358. The summed E-state index contributed by atoms with van der Waals surface area (Å²) in [5.41, 5.74) is 0.570. The Bertz CT molecular complexity index is 551. The highest BCUT2D eigenvalue weighted by Crippen LogP contribution is 2.27. The molecule has 0 bridgehead atoms. The van der Waals surface area contributed by atoms with Crippen LogP contribution in [0.4, 0.5) is 0 Å². The number of piperazine rings is 1. The zero-order valence-corrected chi connectivity index (χ0v) is 13.9. The van der Waals surface area contributed by atoms with Crippen LogP contribution in [-0.2, 0) is 0 Å². The number of piperidine rings is 1. The standard InChI is InChI=1S/C16H21ClN2OS/c1-11-9-18-7-3-2-4-12(18)10-19(11)16(20)14-8-13(21)5-6-15(14)17/h5-6,8,11-12,21H,2-4,7,9-10H2,1H3. The van der Waals surface area contributed by atoms with Gasteiger partial charge in [-0.15, -0.1) is 12.6 Å². The second-order valence-electron chi connectivity index (χ2n) is 6.12. The van der Waals surface area contributed by atoms with E-state index in [0.717, 1.165) is 18.0 Å². The largest absolute Gasteiger partial charge is 0.333 e. The molecular weight excluding hydrogens is 304 g/mol. The van der Waals surface area contributed by atoms with Crippen LogP contribution in [0.15, 0.2) is 23.1 Å². The molecule has 1 amide bonds. The Balaban J connectivity index is 1.82. The minimum Gasteiger partial charge on any atom is -0.333 e. The summed E-state index contributed by atoms with van der Waals surface area (Å²) in [5, 5.41) is 0.510. The SMILES string of the molecule is CC1CN2CCCCC2CN1C(=O)c1cc(S)ccc1Cl. The molecule has 2 fully saturated rings. The lowest BCUT2D eigenvalue weighted by Crippen LogP contribution is -2.60. The molecule has 0 aromatic heterocycles. The van der Waals surface area contributed by atoms with Crippen molar-refractivity contribution < 1.29 is 4.79 Å². The van der Waals surface area contributed by atoms with Crippen LogP contribution in [0.2, 0.25) is 5.02 Å². The van der Waals surface area contributed by atoms with Gasteiger partial charge in [-0.3, -0.25) is 9.69 Å². The first-order valence-electron chi connectivity index (χ1n) is 7.60. The van der Waals surface area contributed by atoms with Crippen molar-refractivity contribution in [3.8, 4) is 0 Å². The second kappa shape index (κ2) is 6.19. The zero-order valence-electron chi connectivity index (χ0n) is 12.3. The number of fused-ring (bicyclic) bond motifs is 1. The lowest BCUT2D eigenvalue weighted by atomic mass is 9.96. The summed E-state index contributed by atoms with van der Waals surface area (Å²) in [4.78, 5) is 18.1. The molecule has 1 aromatic rings. The molecule has 0 radical (unpaired) electrons. The summed E-state index contributed by atoms with van der Waals surface area (Å²) >= 11 is 10.5. The van der Waals surface area contributed by atoms with E-state index >= 15 is 0 Å². The molecule has 2 heterocycles. The van der Waals surface area contributed by atoms with E-state index in [2.05, 4.69) is 24.5 Å². The summed E-state index contributed by atoms with van der Waals surface area (Å²) < 4.78 is 0. The van der Waals surface area contributed by atoms with Gasteiger partial charge in [0.05, 0.1) is 10.6 Å². The first-order chi connectivity index (χ1) is 10.1. The van der Waals surface area contributed by atoms with Crippen molar-refractivity contribution in [1.29, 1.82) is 0 Å². The molecule has 3 rings (SSSR count). The molecule has 5 heteroatoms. The normalized spacial score (nSPS) is 26.5. The maximum atomic E-state index is 12.8. The zero-order chi connectivity index (χ0) is 15.0. The van der Waals surface area contributed by atoms with Gasteiger partial charge >= 0.3 is 0 Å². The number of halogens is 1. The molecule has 0 saturated carbocycles. The van der Waals surface area contributed by atoms with Crippen molar-refractivity contribution in [2.24, 2.45) is 0 Å². The average Bonchev–Trinajstić information content (AvgIpc) is 2.48. The third-order valence-corrected chi connectivity index (χ3v) is 5.24. The van der Waals surface area contributed by atoms with Gasteiger partial charge in [-0.05, 0) is 44.5 Å². The van der Waals surface area contributed by atoms with Crippen molar-refractivity contribution in [2.75, 3.05) is 19.6 Å². The molecule has 3 nitrogen and oxygen atoms in total. The van der Waals surface area contributed by atoms with Gasteiger partial charge in [0, 0.05) is 30.1 Å². The van der Waals surface area contributed by atoms with E-state index < -0.39 is 0 Å². The van der Waals surface area contributed by atoms with Crippen molar-refractivity contribution >= 4 is 30.1 Å². The molecule has 1 aromatic carbocycles. The molecule has 0 N–H and O–H groups in total. The number of nitrogens with zero attached hydrogens (tertiary/aromatic N) is 2. The molecule has 21 heavy (non-hydrogen) atoms. The van der Waals surface area contributed by atoms with Gasteiger partial charge in [-0.1, -0.05) is 18.0 Å². The molecule has 2 unspecified atom stereocenters. The summed E-state index contributed by atoms with van der Waals surface area (Å²) in [6, 6.07) is 6.07. The van der Waals surface area contributed by atoms with Gasteiger partial charge in [0.2, 0.25) is 0 Å². The van der Waals surface area contributed by atoms with Gasteiger partial charge in [0.15, 0.2) is 0 Å². The van der Waals surface area contributed by atoms with Gasteiger partial charge in [-0.25, -0.2) is 0 Å². The number of benzene rings is 1. The predicted octanol–water partition coefficient (Wildman–Crippen LogP) is 3.33. The van der Waals surface area contributed by atoms with E-state index in [-0.39, 0.29) is 11.9 Å². The highest BCUT2D eigenvalue weighted by atomic mass is 35.5. The molecule has 2 atom stereocenters. The molecule has 0 aliphatic carbocycles. The molecule has 114 valence electrons. The number of carbonyl (C=O) groups is 1. The van der Waals surface area contributed by atoms with Gasteiger partial charge in [0.25, 0.3) is 5.91 Å². The van der Waals surface area contributed by atoms with E-state index in [1.165, 1.54) is 25.8 Å². The summed E-state index contributed by atoms with van der Waals surface area (Å²) in [5.74, 6) is 0.0358. The number of rotatable bonds is 1. The van der Waals surface area contributed by atoms with Crippen LogP contribution in [0, 0.1) is 0 Å². The van der Waals surface area contributed by atoms with Crippen LogP contribution in [0.5, 0.6) is 0 Å². The maximum absolute atomic E-state index is 12.8. The Hall–Kier alpha value is -0.710. The van der Waals surface area contributed by atoms with E-state index in [1.807, 2.05) is 11.0 Å².